The van der Waals surface area contributed by atoms with Crippen LogP contribution in [0.5, 0.6) is 0 Å². The molecule has 0 aromatic heterocycles. The lowest BCUT2D eigenvalue weighted by Gasteiger charge is -2.13. The van der Waals surface area contributed by atoms with Gasteiger partial charge in [0.05, 0.1) is 10.5 Å². The molecule has 1 aliphatic rings. The van der Waals surface area contributed by atoms with E-state index < -0.39 is 27.7 Å². The normalized spacial score (nSPS) is 15.1. The molecule has 10 heteroatoms. The molecular formula is C29H22ClF3N2O3S. The number of carbonyl (C=O) groups excluding carboxylic acids is 1. The SMILES string of the molecule is O=C(Nc1ccc2c(c1)CC(NS(=O)(=O)c1ccc(Cl)cc1)C2)c1ccccc1-c1ccc(C(F)(F)F)cc1. The van der Waals surface area contributed by atoms with Crippen LogP contribution in [0.15, 0.2) is 95.9 Å². The second-order valence-corrected chi connectivity index (χ2v) is 11.4. The van der Waals surface area contributed by atoms with Crippen LogP contribution in [-0.4, -0.2) is 20.4 Å². The summed E-state index contributed by atoms with van der Waals surface area (Å²) in [4.78, 5) is 13.3. The minimum atomic E-state index is -4.45. The standard InChI is InChI=1S/C29H22ClF3N2O3S/c30-22-10-13-25(14-11-22)39(37,38)35-24-15-19-7-12-23(16-20(19)17-24)34-28(36)27-4-2-1-3-26(27)18-5-8-21(9-6-18)29(31,32)33/h1-14,16,24,35H,15,17H2,(H,34,36). The maximum Gasteiger partial charge on any atom is 0.416 e. The second kappa shape index (κ2) is 10.5. The Kier molecular flexibility index (Phi) is 7.24. The average Bonchev–Trinajstić information content (AvgIpc) is 3.29. The zero-order valence-electron chi connectivity index (χ0n) is 20.3. The van der Waals surface area contributed by atoms with E-state index in [1.54, 1.807) is 30.3 Å². The Bertz CT molecular complexity index is 1640. The second-order valence-electron chi connectivity index (χ2n) is 9.24. The van der Waals surface area contributed by atoms with E-state index in [2.05, 4.69) is 10.0 Å². The number of amides is 1. The summed E-state index contributed by atoms with van der Waals surface area (Å²) in [5, 5.41) is 3.30. The van der Waals surface area contributed by atoms with E-state index >= 15 is 0 Å². The van der Waals surface area contributed by atoms with Crippen molar-refractivity contribution >= 4 is 33.2 Å². The Morgan fingerprint density at radius 2 is 1.51 bits per heavy atom. The van der Waals surface area contributed by atoms with Gasteiger partial charge in [0, 0.05) is 22.3 Å². The van der Waals surface area contributed by atoms with Crippen LogP contribution in [0.4, 0.5) is 18.9 Å². The van der Waals surface area contributed by atoms with Gasteiger partial charge in [0.25, 0.3) is 5.91 Å². The summed E-state index contributed by atoms with van der Waals surface area (Å²) in [7, 11) is -3.73. The first-order valence-electron chi connectivity index (χ1n) is 12.0. The first kappa shape index (κ1) is 26.9. The van der Waals surface area contributed by atoms with Crippen molar-refractivity contribution in [3.8, 4) is 11.1 Å². The molecule has 1 unspecified atom stereocenters. The number of nitrogens with one attached hydrogen (secondary N) is 2. The van der Waals surface area contributed by atoms with Gasteiger partial charge in [-0.15, -0.1) is 0 Å². The molecule has 0 spiro atoms. The Morgan fingerprint density at radius 1 is 0.846 bits per heavy atom. The fourth-order valence-corrected chi connectivity index (χ4v) is 6.01. The molecule has 5 nitrogen and oxygen atoms in total. The molecule has 4 aromatic rings. The number of alkyl halides is 3. The number of carbonyl (C=O) groups is 1. The van der Waals surface area contributed by atoms with Gasteiger partial charge in [-0.3, -0.25) is 4.79 Å². The highest BCUT2D eigenvalue weighted by atomic mass is 35.5. The van der Waals surface area contributed by atoms with Crippen molar-refractivity contribution < 1.29 is 26.4 Å². The summed E-state index contributed by atoms with van der Waals surface area (Å²) in [6, 6.07) is 22.3. The summed E-state index contributed by atoms with van der Waals surface area (Å²) in [6.45, 7) is 0. The number of hydrogen-bond acceptors (Lipinski definition) is 3. The quantitative estimate of drug-likeness (QED) is 0.270. The highest BCUT2D eigenvalue weighted by molar-refractivity contribution is 7.89. The minimum Gasteiger partial charge on any atom is -0.322 e. The van der Waals surface area contributed by atoms with Gasteiger partial charge in [0.1, 0.15) is 0 Å². The van der Waals surface area contributed by atoms with Gasteiger partial charge in [-0.2, -0.15) is 13.2 Å². The lowest BCUT2D eigenvalue weighted by molar-refractivity contribution is -0.137. The Morgan fingerprint density at radius 3 is 2.21 bits per heavy atom. The van der Waals surface area contributed by atoms with Crippen LogP contribution in [0, 0.1) is 0 Å². The largest absolute Gasteiger partial charge is 0.416 e. The molecule has 1 amide bonds. The molecular weight excluding hydrogens is 549 g/mol. The van der Waals surface area contributed by atoms with E-state index in [9.17, 15) is 26.4 Å². The molecule has 0 saturated carbocycles. The number of rotatable bonds is 6. The highest BCUT2D eigenvalue weighted by Gasteiger charge is 2.30. The minimum absolute atomic E-state index is 0.127. The first-order valence-corrected chi connectivity index (χ1v) is 13.8. The molecule has 4 aromatic carbocycles. The molecule has 1 aliphatic carbocycles. The molecule has 0 fully saturated rings. The summed E-state index contributed by atoms with van der Waals surface area (Å²) < 4.78 is 67.2. The number of benzene rings is 4. The summed E-state index contributed by atoms with van der Waals surface area (Å²) in [5.41, 5.74) is 2.95. The van der Waals surface area contributed by atoms with Crippen molar-refractivity contribution in [2.75, 3.05) is 5.32 Å². The number of fused-ring (bicyclic) bond motifs is 1. The van der Waals surface area contributed by atoms with Gasteiger partial charge in [-0.25, -0.2) is 13.1 Å². The van der Waals surface area contributed by atoms with Crippen LogP contribution in [0.25, 0.3) is 11.1 Å². The maximum absolute atomic E-state index is 13.2. The predicted octanol–water partition coefficient (Wildman–Crippen LogP) is 6.72. The van der Waals surface area contributed by atoms with Gasteiger partial charge in [0.2, 0.25) is 10.0 Å². The number of hydrogen-bond donors (Lipinski definition) is 2. The van der Waals surface area contributed by atoms with Crippen molar-refractivity contribution in [3.63, 3.8) is 0 Å². The smallest absolute Gasteiger partial charge is 0.322 e. The van der Waals surface area contributed by atoms with E-state index in [1.165, 1.54) is 36.4 Å². The molecule has 1 atom stereocenters. The lowest BCUT2D eigenvalue weighted by Crippen LogP contribution is -2.35. The third kappa shape index (κ3) is 6.00. The van der Waals surface area contributed by atoms with Crippen LogP contribution < -0.4 is 10.0 Å². The predicted molar refractivity (Wildman–Crippen MR) is 144 cm³/mol. The molecule has 200 valence electrons. The van der Waals surface area contributed by atoms with E-state index in [1.807, 2.05) is 12.1 Å². The van der Waals surface area contributed by atoms with Crippen LogP contribution in [0.3, 0.4) is 0 Å². The maximum atomic E-state index is 13.2. The van der Waals surface area contributed by atoms with Crippen molar-refractivity contribution in [2.24, 2.45) is 0 Å². The van der Waals surface area contributed by atoms with Crippen molar-refractivity contribution in [3.05, 3.63) is 118 Å². The topological polar surface area (TPSA) is 75.3 Å². The molecule has 0 heterocycles. The molecule has 0 aliphatic heterocycles. The van der Waals surface area contributed by atoms with Crippen LogP contribution in [-0.2, 0) is 29.0 Å². The highest BCUT2D eigenvalue weighted by Crippen LogP contribution is 2.32. The van der Waals surface area contributed by atoms with Crippen molar-refractivity contribution in [2.45, 2.75) is 30.0 Å². The Labute approximate surface area is 228 Å². The molecule has 5 rings (SSSR count). The Balaban J connectivity index is 1.30. The average molecular weight is 571 g/mol. The molecule has 39 heavy (non-hydrogen) atoms. The zero-order chi connectivity index (χ0) is 27.8. The molecule has 0 radical (unpaired) electrons. The number of halogens is 4. The van der Waals surface area contributed by atoms with Crippen LogP contribution in [0.1, 0.15) is 27.0 Å². The van der Waals surface area contributed by atoms with E-state index in [4.69, 9.17) is 11.6 Å². The summed E-state index contributed by atoms with van der Waals surface area (Å²) >= 11 is 5.86. The Hall–Kier alpha value is -3.66. The van der Waals surface area contributed by atoms with Crippen LogP contribution in [0.2, 0.25) is 5.02 Å². The summed E-state index contributed by atoms with van der Waals surface area (Å²) in [5.74, 6) is -0.413. The fourth-order valence-electron chi connectivity index (χ4n) is 4.65. The fraction of sp³-hybridized carbons (Fsp3) is 0.138. The van der Waals surface area contributed by atoms with Gasteiger partial charge < -0.3 is 5.32 Å². The number of sulfonamides is 1. The first-order chi connectivity index (χ1) is 18.5. The number of anilines is 1. The van der Waals surface area contributed by atoms with Gasteiger partial charge in [-0.1, -0.05) is 48.0 Å². The third-order valence-corrected chi connectivity index (χ3v) is 8.33. The molecule has 2 N–H and O–H groups in total. The van der Waals surface area contributed by atoms with E-state index in [0.29, 0.717) is 40.2 Å². The van der Waals surface area contributed by atoms with Gasteiger partial charge >= 0.3 is 6.18 Å². The van der Waals surface area contributed by atoms with Gasteiger partial charge in [-0.05, 0) is 89.7 Å². The summed E-state index contributed by atoms with van der Waals surface area (Å²) in [6.07, 6.45) is -3.49. The molecule has 0 bridgehead atoms. The van der Waals surface area contributed by atoms with Crippen molar-refractivity contribution in [1.82, 2.24) is 4.72 Å². The molecule has 0 saturated heterocycles. The van der Waals surface area contributed by atoms with Crippen molar-refractivity contribution in [1.29, 1.82) is 0 Å². The van der Waals surface area contributed by atoms with Crippen LogP contribution >= 0.6 is 11.6 Å². The van der Waals surface area contributed by atoms with E-state index in [0.717, 1.165) is 23.3 Å². The van der Waals surface area contributed by atoms with Gasteiger partial charge in [0.15, 0.2) is 0 Å². The third-order valence-electron chi connectivity index (χ3n) is 6.54. The monoisotopic (exact) mass is 570 g/mol. The zero-order valence-corrected chi connectivity index (χ0v) is 21.9. The van der Waals surface area contributed by atoms with E-state index in [-0.39, 0.29) is 10.9 Å². The lowest BCUT2D eigenvalue weighted by atomic mass is 9.98.